The molecule has 3 aromatic rings. The zero-order valence-corrected chi connectivity index (χ0v) is 16.4. The van der Waals surface area contributed by atoms with Gasteiger partial charge in [-0.2, -0.15) is 0 Å². The van der Waals surface area contributed by atoms with Crippen molar-refractivity contribution in [2.24, 2.45) is 0 Å². The van der Waals surface area contributed by atoms with Gasteiger partial charge in [0.05, 0.1) is 0 Å². The van der Waals surface area contributed by atoms with Crippen molar-refractivity contribution in [2.45, 2.75) is 26.5 Å². The summed E-state index contributed by atoms with van der Waals surface area (Å²) in [6.45, 7) is 2.89. The smallest absolute Gasteiger partial charge is 0.233 e. The second kappa shape index (κ2) is 10.1. The summed E-state index contributed by atoms with van der Waals surface area (Å²) < 4.78 is 5.72. The maximum absolute atomic E-state index is 12.1. The van der Waals surface area contributed by atoms with Gasteiger partial charge in [-0.15, -0.1) is 0 Å². The third-order valence-corrected chi connectivity index (χ3v) is 4.32. The molecule has 0 fully saturated rings. The molecule has 3 rings (SSSR count). The van der Waals surface area contributed by atoms with E-state index in [1.54, 1.807) is 24.3 Å². The molecule has 0 bridgehead atoms. The van der Waals surface area contributed by atoms with Crippen LogP contribution in [0.4, 0.5) is 5.69 Å². The lowest BCUT2D eigenvalue weighted by molar-refractivity contribution is -0.126. The van der Waals surface area contributed by atoms with Gasteiger partial charge < -0.3 is 15.4 Å². The van der Waals surface area contributed by atoms with Crippen molar-refractivity contribution in [3.05, 3.63) is 95.6 Å². The zero-order chi connectivity index (χ0) is 20.5. The quantitative estimate of drug-likeness (QED) is 0.568. The molecule has 0 spiro atoms. The van der Waals surface area contributed by atoms with Gasteiger partial charge in [0, 0.05) is 12.2 Å². The highest BCUT2D eigenvalue weighted by atomic mass is 16.5. The predicted octanol–water partition coefficient (Wildman–Crippen LogP) is 4.22. The summed E-state index contributed by atoms with van der Waals surface area (Å²) in [6.07, 6.45) is -0.224. The maximum Gasteiger partial charge on any atom is 0.233 e. The summed E-state index contributed by atoms with van der Waals surface area (Å²) in [5.41, 5.74) is 3.86. The largest absolute Gasteiger partial charge is 0.489 e. The summed E-state index contributed by atoms with van der Waals surface area (Å²) >= 11 is 0. The first-order valence-corrected chi connectivity index (χ1v) is 9.47. The van der Waals surface area contributed by atoms with Gasteiger partial charge in [0.15, 0.2) is 0 Å². The van der Waals surface area contributed by atoms with E-state index in [1.807, 2.05) is 61.5 Å². The number of ether oxygens (including phenoxy) is 1. The Labute approximate surface area is 170 Å². The zero-order valence-electron chi connectivity index (χ0n) is 16.4. The monoisotopic (exact) mass is 388 g/mol. The van der Waals surface area contributed by atoms with Crippen molar-refractivity contribution >= 4 is 17.5 Å². The number of rotatable bonds is 8. The van der Waals surface area contributed by atoms with Gasteiger partial charge >= 0.3 is 0 Å². The van der Waals surface area contributed by atoms with E-state index in [2.05, 4.69) is 10.6 Å². The fraction of sp³-hybridized carbons (Fsp3) is 0.167. The number of hydrogen-bond donors (Lipinski definition) is 2. The Kier molecular flexibility index (Phi) is 7.00. The molecule has 148 valence electrons. The first-order valence-electron chi connectivity index (χ1n) is 9.47. The molecule has 5 heteroatoms. The van der Waals surface area contributed by atoms with E-state index in [0.29, 0.717) is 24.6 Å². The van der Waals surface area contributed by atoms with Crippen LogP contribution in [0.1, 0.15) is 23.1 Å². The second-order valence-corrected chi connectivity index (χ2v) is 6.79. The summed E-state index contributed by atoms with van der Waals surface area (Å²) in [5, 5.41) is 5.48. The SMILES string of the molecule is Cc1ccc(CNC(=O)CC(=O)Nc2ccc(OCc3ccccc3)cc2)cc1. The normalized spacial score (nSPS) is 10.2. The second-order valence-electron chi connectivity index (χ2n) is 6.79. The van der Waals surface area contributed by atoms with Crippen LogP contribution in [0, 0.1) is 6.92 Å². The summed E-state index contributed by atoms with van der Waals surface area (Å²) in [6, 6.07) is 24.9. The Morgan fingerprint density at radius 2 is 1.48 bits per heavy atom. The number of carbonyl (C=O) groups excluding carboxylic acids is 2. The van der Waals surface area contributed by atoms with E-state index < -0.39 is 0 Å². The minimum Gasteiger partial charge on any atom is -0.489 e. The molecular weight excluding hydrogens is 364 g/mol. The molecule has 0 saturated carbocycles. The molecule has 5 nitrogen and oxygen atoms in total. The van der Waals surface area contributed by atoms with Crippen LogP contribution in [0.2, 0.25) is 0 Å². The Bertz CT molecular complexity index is 936. The van der Waals surface area contributed by atoms with Gasteiger partial charge in [0.1, 0.15) is 18.8 Å². The molecule has 0 atom stereocenters. The van der Waals surface area contributed by atoms with Crippen molar-refractivity contribution in [2.75, 3.05) is 5.32 Å². The molecule has 0 heterocycles. The molecule has 2 N–H and O–H groups in total. The molecule has 0 saturated heterocycles. The lowest BCUT2D eigenvalue weighted by atomic mass is 10.1. The molecule has 3 aromatic carbocycles. The number of nitrogens with one attached hydrogen (secondary N) is 2. The highest BCUT2D eigenvalue weighted by Gasteiger charge is 2.09. The summed E-state index contributed by atoms with van der Waals surface area (Å²) in [4.78, 5) is 24.0. The van der Waals surface area contributed by atoms with Gasteiger partial charge in [-0.3, -0.25) is 9.59 Å². The molecule has 0 unspecified atom stereocenters. The number of benzene rings is 3. The van der Waals surface area contributed by atoms with Crippen LogP contribution in [-0.4, -0.2) is 11.8 Å². The number of aryl methyl sites for hydroxylation is 1. The highest BCUT2D eigenvalue weighted by molar-refractivity contribution is 6.03. The number of hydrogen-bond acceptors (Lipinski definition) is 3. The molecule has 2 amide bonds. The van der Waals surface area contributed by atoms with Crippen molar-refractivity contribution in [1.29, 1.82) is 0 Å². The van der Waals surface area contributed by atoms with Crippen LogP contribution in [0.5, 0.6) is 5.75 Å². The molecule has 0 aromatic heterocycles. The van der Waals surface area contributed by atoms with Gasteiger partial charge in [-0.1, -0.05) is 60.2 Å². The standard InChI is InChI=1S/C24H24N2O3/c1-18-7-9-19(10-8-18)16-25-23(27)15-24(28)26-21-11-13-22(14-12-21)29-17-20-5-3-2-4-6-20/h2-14H,15-17H2,1H3,(H,25,27)(H,26,28). The molecule has 0 aliphatic carbocycles. The molecule has 0 radical (unpaired) electrons. The van der Waals surface area contributed by atoms with Crippen LogP contribution < -0.4 is 15.4 Å². The third-order valence-electron chi connectivity index (χ3n) is 4.32. The van der Waals surface area contributed by atoms with E-state index in [0.717, 1.165) is 16.7 Å². The first kappa shape index (κ1) is 20.1. The molecule has 0 aliphatic heterocycles. The molecule has 0 aliphatic rings. The van der Waals surface area contributed by atoms with E-state index in [-0.39, 0.29) is 18.2 Å². The highest BCUT2D eigenvalue weighted by Crippen LogP contribution is 2.17. The Morgan fingerprint density at radius 3 is 2.17 bits per heavy atom. The predicted molar refractivity (Wildman–Crippen MR) is 113 cm³/mol. The van der Waals surface area contributed by atoms with Crippen molar-refractivity contribution in [1.82, 2.24) is 5.32 Å². The summed E-state index contributed by atoms with van der Waals surface area (Å²) in [5.74, 6) is 0.0398. The van der Waals surface area contributed by atoms with Crippen LogP contribution in [0.25, 0.3) is 0 Å². The first-order chi connectivity index (χ1) is 14.1. The van der Waals surface area contributed by atoms with Gasteiger partial charge in [-0.05, 0) is 42.3 Å². The van der Waals surface area contributed by atoms with Crippen LogP contribution in [0.3, 0.4) is 0 Å². The lowest BCUT2D eigenvalue weighted by Crippen LogP contribution is -2.27. The van der Waals surface area contributed by atoms with Gasteiger partial charge in [0.25, 0.3) is 0 Å². The number of amides is 2. The van der Waals surface area contributed by atoms with E-state index in [9.17, 15) is 9.59 Å². The van der Waals surface area contributed by atoms with E-state index in [4.69, 9.17) is 4.74 Å². The summed E-state index contributed by atoms with van der Waals surface area (Å²) in [7, 11) is 0. The van der Waals surface area contributed by atoms with Crippen LogP contribution >= 0.6 is 0 Å². The molecular formula is C24H24N2O3. The van der Waals surface area contributed by atoms with Gasteiger partial charge in [0.2, 0.25) is 11.8 Å². The number of carbonyl (C=O) groups is 2. The van der Waals surface area contributed by atoms with Crippen LogP contribution in [0.15, 0.2) is 78.9 Å². The number of anilines is 1. The Hall–Kier alpha value is -3.60. The fourth-order valence-corrected chi connectivity index (χ4v) is 2.70. The minimum absolute atomic E-state index is 0.224. The van der Waals surface area contributed by atoms with Gasteiger partial charge in [-0.25, -0.2) is 0 Å². The van der Waals surface area contributed by atoms with Crippen LogP contribution in [-0.2, 0) is 22.7 Å². The average molecular weight is 388 g/mol. The van der Waals surface area contributed by atoms with Crippen molar-refractivity contribution < 1.29 is 14.3 Å². The molecule has 29 heavy (non-hydrogen) atoms. The fourth-order valence-electron chi connectivity index (χ4n) is 2.70. The van der Waals surface area contributed by atoms with Crippen molar-refractivity contribution in [3.63, 3.8) is 0 Å². The lowest BCUT2D eigenvalue weighted by Gasteiger charge is -2.09. The van der Waals surface area contributed by atoms with E-state index in [1.165, 1.54) is 0 Å². The Balaban J connectivity index is 1.41. The third kappa shape index (κ3) is 6.81. The topological polar surface area (TPSA) is 67.4 Å². The van der Waals surface area contributed by atoms with Crippen molar-refractivity contribution in [3.8, 4) is 5.75 Å². The minimum atomic E-state index is -0.357. The Morgan fingerprint density at radius 1 is 0.793 bits per heavy atom. The van der Waals surface area contributed by atoms with E-state index >= 15 is 0 Å². The maximum atomic E-state index is 12.1. The average Bonchev–Trinajstić information content (AvgIpc) is 2.73.